The fourth-order valence-electron chi connectivity index (χ4n) is 3.00. The number of oxazole rings is 1. The zero-order valence-corrected chi connectivity index (χ0v) is 17.1. The molecule has 5 nitrogen and oxygen atoms in total. The van der Waals surface area contributed by atoms with Gasteiger partial charge in [-0.05, 0) is 49.6 Å². The largest absolute Gasteiger partial charge is 0.441 e. The van der Waals surface area contributed by atoms with Crippen LogP contribution >= 0.6 is 0 Å². The minimum Gasteiger partial charge on any atom is -0.441 e. The average Bonchev–Trinajstić information content (AvgIpc) is 3.00. The lowest BCUT2D eigenvalue weighted by molar-refractivity contribution is -0.116. The smallest absolute Gasteiger partial charge is 0.226 e. The Kier molecular flexibility index (Phi) is 6.27. The molecular weight excluding hydrogens is 393 g/mol. The number of sulfone groups is 1. The predicted molar refractivity (Wildman–Crippen MR) is 109 cm³/mol. The number of aryl methyl sites for hydroxylation is 3. The van der Waals surface area contributed by atoms with Crippen molar-refractivity contribution in [3.63, 3.8) is 0 Å². The van der Waals surface area contributed by atoms with Gasteiger partial charge in [-0.1, -0.05) is 30.3 Å². The summed E-state index contributed by atoms with van der Waals surface area (Å²) < 4.78 is 43.5. The third-order valence-electron chi connectivity index (χ3n) is 4.61. The highest BCUT2D eigenvalue weighted by Gasteiger charge is 2.22. The lowest BCUT2D eigenvalue weighted by atomic mass is 10.1. The lowest BCUT2D eigenvalue weighted by Crippen LogP contribution is -2.18. The number of halogens is 1. The van der Waals surface area contributed by atoms with E-state index >= 15 is 0 Å². The van der Waals surface area contributed by atoms with Gasteiger partial charge in [0.15, 0.2) is 9.84 Å². The van der Waals surface area contributed by atoms with Gasteiger partial charge in [0.1, 0.15) is 23.1 Å². The predicted octanol–water partition coefficient (Wildman–Crippen LogP) is 4.21. The number of hydrogen-bond acceptors (Lipinski definition) is 5. The third kappa shape index (κ3) is 5.60. The zero-order chi connectivity index (χ0) is 21.0. The molecule has 0 aliphatic carbocycles. The molecular formula is C22H22FNO4S. The van der Waals surface area contributed by atoms with E-state index in [0.717, 1.165) is 16.7 Å². The molecule has 0 bridgehead atoms. The normalized spacial score (nSPS) is 11.6. The van der Waals surface area contributed by atoms with Crippen molar-refractivity contribution in [3.05, 3.63) is 76.9 Å². The molecule has 3 aromatic rings. The third-order valence-corrected chi connectivity index (χ3v) is 6.09. The fourth-order valence-corrected chi connectivity index (χ4v) is 4.42. The highest BCUT2D eigenvalue weighted by Crippen LogP contribution is 2.25. The van der Waals surface area contributed by atoms with E-state index in [2.05, 4.69) is 4.98 Å². The van der Waals surface area contributed by atoms with Gasteiger partial charge in [-0.3, -0.25) is 4.79 Å². The van der Waals surface area contributed by atoms with Crippen molar-refractivity contribution in [1.29, 1.82) is 0 Å². The van der Waals surface area contributed by atoms with Crippen LogP contribution in [0.2, 0.25) is 0 Å². The molecule has 3 rings (SSSR count). The first-order chi connectivity index (χ1) is 13.7. The minimum atomic E-state index is -3.68. The van der Waals surface area contributed by atoms with Crippen LogP contribution in [0.4, 0.5) is 4.39 Å². The molecule has 2 aromatic carbocycles. The molecule has 0 aliphatic heterocycles. The molecule has 0 N–H and O–H groups in total. The standard InChI is InChI=1S/C22H22FNO4S/c1-15-5-3-4-6-20(15)22-24-21(16(2)28-22)14-29(26,27)13-19(25)12-9-17-7-10-18(23)11-8-17/h3-8,10-11H,9,12-14H2,1-2H3. The van der Waals surface area contributed by atoms with Crippen LogP contribution in [0.15, 0.2) is 52.9 Å². The van der Waals surface area contributed by atoms with E-state index in [1.54, 1.807) is 19.1 Å². The fraction of sp³-hybridized carbons (Fsp3) is 0.273. The Labute approximate surface area is 169 Å². The van der Waals surface area contributed by atoms with Gasteiger partial charge in [-0.15, -0.1) is 0 Å². The number of rotatable bonds is 8. The Morgan fingerprint density at radius 1 is 1.07 bits per heavy atom. The maximum atomic E-state index is 12.9. The quantitative estimate of drug-likeness (QED) is 0.551. The van der Waals surface area contributed by atoms with Crippen LogP contribution in [0.5, 0.6) is 0 Å². The van der Waals surface area contributed by atoms with E-state index in [4.69, 9.17) is 4.42 Å². The second kappa shape index (κ2) is 8.69. The molecule has 0 saturated heterocycles. The first-order valence-corrected chi connectivity index (χ1v) is 11.0. The molecule has 152 valence electrons. The van der Waals surface area contributed by atoms with E-state index in [0.29, 0.717) is 23.8 Å². The molecule has 29 heavy (non-hydrogen) atoms. The summed E-state index contributed by atoms with van der Waals surface area (Å²) in [4.78, 5) is 16.5. The zero-order valence-electron chi connectivity index (χ0n) is 16.3. The Morgan fingerprint density at radius 3 is 2.45 bits per heavy atom. The van der Waals surface area contributed by atoms with Gasteiger partial charge < -0.3 is 4.42 Å². The monoisotopic (exact) mass is 415 g/mol. The molecule has 0 unspecified atom stereocenters. The summed E-state index contributed by atoms with van der Waals surface area (Å²) in [6.07, 6.45) is 0.451. The van der Waals surface area contributed by atoms with Gasteiger partial charge >= 0.3 is 0 Å². The Balaban J connectivity index is 1.64. The molecule has 7 heteroatoms. The molecule has 0 spiro atoms. The topological polar surface area (TPSA) is 77.2 Å². The van der Waals surface area contributed by atoms with Crippen LogP contribution in [0.25, 0.3) is 11.5 Å². The Hall–Kier alpha value is -2.80. The van der Waals surface area contributed by atoms with E-state index in [1.807, 2.05) is 31.2 Å². The molecule has 0 radical (unpaired) electrons. The summed E-state index contributed by atoms with van der Waals surface area (Å²) in [5.41, 5.74) is 2.87. The second-order valence-electron chi connectivity index (χ2n) is 7.03. The van der Waals surface area contributed by atoms with Gasteiger partial charge in [0.05, 0.1) is 11.4 Å². The second-order valence-corrected chi connectivity index (χ2v) is 9.10. The minimum absolute atomic E-state index is 0.0805. The lowest BCUT2D eigenvalue weighted by Gasteiger charge is -2.04. The van der Waals surface area contributed by atoms with Crippen LogP contribution in [0.3, 0.4) is 0 Å². The van der Waals surface area contributed by atoms with Crippen molar-refractivity contribution in [1.82, 2.24) is 4.98 Å². The van der Waals surface area contributed by atoms with E-state index in [1.165, 1.54) is 12.1 Å². The van der Waals surface area contributed by atoms with Gasteiger partial charge in [0.2, 0.25) is 5.89 Å². The van der Waals surface area contributed by atoms with Crippen LogP contribution in [-0.2, 0) is 26.8 Å². The Bertz CT molecular complexity index is 1120. The van der Waals surface area contributed by atoms with Crippen molar-refractivity contribution in [2.45, 2.75) is 32.4 Å². The number of hydrogen-bond donors (Lipinski definition) is 0. The molecule has 0 saturated carbocycles. The maximum absolute atomic E-state index is 12.9. The summed E-state index contributed by atoms with van der Waals surface area (Å²) >= 11 is 0. The van der Waals surface area contributed by atoms with Gasteiger partial charge in [-0.25, -0.2) is 17.8 Å². The number of carbonyl (C=O) groups excluding carboxylic acids is 1. The molecule has 1 aromatic heterocycles. The molecule has 0 amide bonds. The summed E-state index contributed by atoms with van der Waals surface area (Å²) in [5.74, 6) is -0.846. The summed E-state index contributed by atoms with van der Waals surface area (Å²) in [7, 11) is -3.68. The van der Waals surface area contributed by atoms with Gasteiger partial charge in [-0.2, -0.15) is 0 Å². The van der Waals surface area contributed by atoms with Crippen molar-refractivity contribution in [2.75, 3.05) is 5.75 Å². The molecule has 0 fully saturated rings. The highest BCUT2D eigenvalue weighted by atomic mass is 32.2. The molecule has 1 heterocycles. The van der Waals surface area contributed by atoms with E-state index < -0.39 is 15.6 Å². The van der Waals surface area contributed by atoms with Gasteiger partial charge in [0.25, 0.3) is 0 Å². The van der Waals surface area contributed by atoms with Crippen LogP contribution < -0.4 is 0 Å². The average molecular weight is 415 g/mol. The van der Waals surface area contributed by atoms with Crippen LogP contribution in [0, 0.1) is 19.7 Å². The SMILES string of the molecule is Cc1ccccc1-c1nc(CS(=O)(=O)CC(=O)CCc2ccc(F)cc2)c(C)o1. The number of carbonyl (C=O) groups is 1. The molecule has 0 aliphatic rings. The summed E-state index contributed by atoms with van der Waals surface area (Å²) in [6, 6.07) is 13.3. The van der Waals surface area contributed by atoms with E-state index in [9.17, 15) is 17.6 Å². The van der Waals surface area contributed by atoms with Gasteiger partial charge in [0, 0.05) is 12.0 Å². The number of aromatic nitrogens is 1. The highest BCUT2D eigenvalue weighted by molar-refractivity contribution is 7.91. The molecule has 0 atom stereocenters. The summed E-state index contributed by atoms with van der Waals surface area (Å²) in [6.45, 7) is 3.58. The first-order valence-electron chi connectivity index (χ1n) is 9.22. The van der Waals surface area contributed by atoms with Crippen molar-refractivity contribution in [2.24, 2.45) is 0 Å². The number of benzene rings is 2. The summed E-state index contributed by atoms with van der Waals surface area (Å²) in [5, 5.41) is 0. The van der Waals surface area contributed by atoms with Crippen LogP contribution in [0.1, 0.15) is 29.0 Å². The van der Waals surface area contributed by atoms with Crippen molar-refractivity contribution in [3.8, 4) is 11.5 Å². The van der Waals surface area contributed by atoms with Crippen molar-refractivity contribution < 1.29 is 22.0 Å². The van der Waals surface area contributed by atoms with E-state index in [-0.39, 0.29) is 23.8 Å². The maximum Gasteiger partial charge on any atom is 0.226 e. The van der Waals surface area contributed by atoms with Crippen LogP contribution in [-0.4, -0.2) is 24.9 Å². The number of Topliss-reactive ketones (excluding diaryl/α,β-unsaturated/α-hetero) is 1. The first kappa shape index (κ1) is 20.9. The Morgan fingerprint density at radius 2 is 1.76 bits per heavy atom. The number of nitrogens with zero attached hydrogens (tertiary/aromatic N) is 1. The van der Waals surface area contributed by atoms with Crippen molar-refractivity contribution >= 4 is 15.6 Å². The number of ketones is 1.